The Bertz CT molecular complexity index is 3170. The highest BCUT2D eigenvalue weighted by atomic mass is 32.2. The van der Waals surface area contributed by atoms with Crippen LogP contribution in [0.2, 0.25) is 0 Å². The molecule has 3 aromatic carbocycles. The quantitative estimate of drug-likeness (QED) is 0.0798. The summed E-state index contributed by atoms with van der Waals surface area (Å²) in [5.41, 5.74) is 5.49. The molecule has 19 nitrogen and oxygen atoms in total. The maximum Gasteiger partial charge on any atom is 0.293 e. The van der Waals surface area contributed by atoms with Crippen molar-refractivity contribution in [3.8, 4) is 5.88 Å². The Hall–Kier alpha value is -6.87. The minimum absolute atomic E-state index is 0.117. The first-order chi connectivity index (χ1) is 36.0. The summed E-state index contributed by atoms with van der Waals surface area (Å²) in [5, 5.41) is 16.3. The second kappa shape index (κ2) is 19.8. The van der Waals surface area contributed by atoms with Gasteiger partial charge in [-0.1, -0.05) is 24.3 Å². The summed E-state index contributed by atoms with van der Waals surface area (Å²) in [6, 6.07) is 22.3. The molecule has 3 N–H and O–H groups in total. The van der Waals surface area contributed by atoms with Crippen molar-refractivity contribution >= 4 is 61.2 Å². The number of fused-ring (bicyclic) bond motifs is 3. The number of benzene rings is 3. The predicted molar refractivity (Wildman–Crippen MR) is 280 cm³/mol. The third kappa shape index (κ3) is 9.25. The molecule has 0 unspecified atom stereocenters. The van der Waals surface area contributed by atoms with Gasteiger partial charge < -0.3 is 39.2 Å². The van der Waals surface area contributed by atoms with Gasteiger partial charge in [-0.2, -0.15) is 4.98 Å². The molecule has 8 heterocycles. The van der Waals surface area contributed by atoms with Crippen LogP contribution in [0.25, 0.3) is 11.0 Å². The standard InChI is InChI=1S/C54H61N11O8S/c1-35-4-2-3-5-41(35)48-33-62(50-32-55-17-18-56-50)21-22-63(48)39-29-54(30-39)14-19-61(20-15-54)38-6-8-42(45(27-38)64-44-13-25-72-34-49(44)73-53-47(64)26-37-10-16-57-51(37)59-53)52(66)60-74(69,70)40-7-9-43(46(28-40)65(67)68)58-31-36-11-23-71-24-12-36/h2-10,16-18,26-28,32,36,39,44,48-49,58H,11-15,19-25,29-31,33-34H2,1H3,(H,57,59)(H,60,66)/t44-,48-,49-/m0/s1. The molecule has 0 bridgehead atoms. The van der Waals surface area contributed by atoms with Crippen molar-refractivity contribution in [1.82, 2.24) is 29.6 Å². The first-order valence-electron chi connectivity index (χ1n) is 25.9. The van der Waals surface area contributed by atoms with Crippen molar-refractivity contribution in [2.45, 2.75) is 81.0 Å². The molecule has 386 valence electrons. The third-order valence-electron chi connectivity index (χ3n) is 16.6. The van der Waals surface area contributed by atoms with Crippen molar-refractivity contribution in [3.05, 3.63) is 124 Å². The largest absolute Gasteiger partial charge is 0.468 e. The van der Waals surface area contributed by atoms with Crippen LogP contribution in [0, 0.1) is 28.4 Å². The molecule has 4 saturated heterocycles. The van der Waals surface area contributed by atoms with E-state index in [1.54, 1.807) is 18.5 Å². The highest BCUT2D eigenvalue weighted by Gasteiger charge is 2.50. The van der Waals surface area contributed by atoms with Crippen molar-refractivity contribution in [2.24, 2.45) is 11.3 Å². The number of carbonyl (C=O) groups is 1. The maximum absolute atomic E-state index is 14.7. The Morgan fingerprint density at radius 1 is 0.919 bits per heavy atom. The number of aromatic amines is 1. The van der Waals surface area contributed by atoms with Crippen molar-refractivity contribution < 1.29 is 32.3 Å². The monoisotopic (exact) mass is 1020 g/mol. The zero-order valence-corrected chi connectivity index (χ0v) is 42.2. The number of nitro benzene ring substituents is 1. The molecule has 0 radical (unpaired) electrons. The number of aryl methyl sites for hydroxylation is 1. The second-order valence-corrected chi connectivity index (χ2v) is 22.5. The van der Waals surface area contributed by atoms with Gasteiger partial charge in [-0.3, -0.25) is 24.8 Å². The van der Waals surface area contributed by atoms with Gasteiger partial charge in [0.2, 0.25) is 5.88 Å². The molecule has 3 atom stereocenters. The van der Waals surface area contributed by atoms with Gasteiger partial charge in [-0.15, -0.1) is 0 Å². The summed E-state index contributed by atoms with van der Waals surface area (Å²) in [7, 11) is -4.61. The summed E-state index contributed by atoms with van der Waals surface area (Å²) in [6.07, 6.45) is 13.2. The topological polar surface area (TPSA) is 214 Å². The molecule has 1 aliphatic carbocycles. The highest BCUT2D eigenvalue weighted by Crippen LogP contribution is 2.54. The number of hydrogen-bond donors (Lipinski definition) is 3. The lowest BCUT2D eigenvalue weighted by Crippen LogP contribution is -2.60. The summed E-state index contributed by atoms with van der Waals surface area (Å²) in [6.45, 7) is 9.01. The van der Waals surface area contributed by atoms with E-state index in [2.05, 4.69) is 75.8 Å². The molecule has 6 aromatic rings. The highest BCUT2D eigenvalue weighted by molar-refractivity contribution is 7.90. The number of sulfonamides is 1. The van der Waals surface area contributed by atoms with Crippen molar-refractivity contribution in [1.29, 1.82) is 0 Å². The lowest BCUT2D eigenvalue weighted by molar-refractivity contribution is -0.384. The van der Waals surface area contributed by atoms with Gasteiger partial charge >= 0.3 is 0 Å². The number of piperidine rings is 1. The Morgan fingerprint density at radius 2 is 1.74 bits per heavy atom. The van der Waals surface area contributed by atoms with E-state index < -0.39 is 37.5 Å². The van der Waals surface area contributed by atoms with Crippen LogP contribution in [-0.4, -0.2) is 128 Å². The molecule has 6 aliphatic rings. The van der Waals surface area contributed by atoms with E-state index in [4.69, 9.17) is 19.2 Å². The Balaban J connectivity index is 0.816. The number of ether oxygens (including phenoxy) is 3. The van der Waals surface area contributed by atoms with Crippen molar-refractivity contribution in [3.63, 3.8) is 0 Å². The molecule has 1 saturated carbocycles. The molecule has 5 fully saturated rings. The maximum atomic E-state index is 14.7. The number of H-pyrrole nitrogens is 1. The number of pyridine rings is 1. The van der Waals surface area contributed by atoms with E-state index in [0.29, 0.717) is 68.3 Å². The second-order valence-electron chi connectivity index (χ2n) is 20.9. The number of nitrogens with zero attached hydrogens (tertiary/aromatic N) is 8. The van der Waals surface area contributed by atoms with Crippen LogP contribution in [-0.2, 0) is 19.5 Å². The third-order valence-corrected chi connectivity index (χ3v) is 17.9. The fraction of sp³-hybridized carbons (Fsp3) is 0.444. The Labute approximate surface area is 429 Å². The molecular formula is C54H61N11O8S. The SMILES string of the molecule is Cc1ccccc1[C@@H]1CN(c2cnccn2)CCN1C1CC2(CCN(c3ccc(C(=O)NS(=O)(=O)c4ccc(NCC5CCOCC5)c([N+](=O)[O-])c4)c(N4c5cc6cc[nH]c6nc5O[C@H]5COCC[C@@H]54)c3)CC2)C1. The zero-order valence-electron chi connectivity index (χ0n) is 41.4. The average molecular weight is 1020 g/mol. The summed E-state index contributed by atoms with van der Waals surface area (Å²) in [4.78, 5) is 52.7. The first-order valence-corrected chi connectivity index (χ1v) is 27.4. The molecule has 20 heteroatoms. The number of aromatic nitrogens is 4. The molecule has 12 rings (SSSR count). The van der Waals surface area contributed by atoms with Gasteiger partial charge in [0.05, 0.1) is 46.0 Å². The normalized spacial score (nSPS) is 22.4. The van der Waals surface area contributed by atoms with Crippen LogP contribution in [0.4, 0.5) is 34.3 Å². The van der Waals surface area contributed by atoms with Crippen LogP contribution >= 0.6 is 0 Å². The minimum Gasteiger partial charge on any atom is -0.468 e. The van der Waals surface area contributed by atoms with Gasteiger partial charge in [-0.25, -0.2) is 18.1 Å². The predicted octanol–water partition coefficient (Wildman–Crippen LogP) is 7.53. The molecular weight excluding hydrogens is 963 g/mol. The summed E-state index contributed by atoms with van der Waals surface area (Å²) in [5.74, 6) is 0.673. The van der Waals surface area contributed by atoms with Crippen LogP contribution in [0.1, 0.15) is 72.5 Å². The Kier molecular flexibility index (Phi) is 12.8. The Morgan fingerprint density at radius 3 is 2.54 bits per heavy atom. The molecule has 5 aliphatic heterocycles. The van der Waals surface area contributed by atoms with E-state index in [1.165, 1.54) is 23.3 Å². The summed E-state index contributed by atoms with van der Waals surface area (Å²) < 4.78 is 48.5. The van der Waals surface area contributed by atoms with Gasteiger partial charge in [0, 0.05) is 101 Å². The molecule has 3 aromatic heterocycles. The number of piperazine rings is 1. The van der Waals surface area contributed by atoms with E-state index >= 15 is 0 Å². The number of amides is 1. The number of anilines is 5. The lowest BCUT2D eigenvalue weighted by atomic mass is 9.59. The van der Waals surface area contributed by atoms with E-state index in [1.807, 2.05) is 36.7 Å². The first kappa shape index (κ1) is 48.1. The number of carbonyl (C=O) groups excluding carboxylic acids is 1. The van der Waals surface area contributed by atoms with Crippen LogP contribution < -0.4 is 29.5 Å². The van der Waals surface area contributed by atoms with Gasteiger partial charge in [0.15, 0.2) is 0 Å². The number of hydrogen-bond acceptors (Lipinski definition) is 16. The van der Waals surface area contributed by atoms with Gasteiger partial charge in [0.25, 0.3) is 21.6 Å². The van der Waals surface area contributed by atoms with E-state index in [9.17, 15) is 23.3 Å². The van der Waals surface area contributed by atoms with Crippen LogP contribution in [0.5, 0.6) is 5.88 Å². The fourth-order valence-corrected chi connectivity index (χ4v) is 13.4. The molecule has 74 heavy (non-hydrogen) atoms. The lowest BCUT2D eigenvalue weighted by Gasteiger charge is -2.58. The summed E-state index contributed by atoms with van der Waals surface area (Å²) >= 11 is 0. The number of rotatable bonds is 12. The van der Waals surface area contributed by atoms with Crippen LogP contribution in [0.15, 0.2) is 102 Å². The van der Waals surface area contributed by atoms with Gasteiger partial charge in [0.1, 0.15) is 28.9 Å². The minimum atomic E-state index is -4.61. The average Bonchev–Trinajstić information content (AvgIpc) is 3.89. The number of nitrogens with one attached hydrogen (secondary N) is 3. The van der Waals surface area contributed by atoms with E-state index in [0.717, 1.165) is 94.2 Å². The smallest absolute Gasteiger partial charge is 0.293 e. The fourth-order valence-electron chi connectivity index (χ4n) is 12.4. The van der Waals surface area contributed by atoms with Crippen LogP contribution in [0.3, 0.4) is 0 Å². The molecule has 1 amide bonds. The van der Waals surface area contributed by atoms with Crippen molar-refractivity contribution in [2.75, 3.05) is 85.7 Å². The van der Waals surface area contributed by atoms with Gasteiger partial charge in [-0.05, 0) is 117 Å². The zero-order chi connectivity index (χ0) is 50.6. The number of nitro groups is 1. The van der Waals surface area contributed by atoms with E-state index in [-0.39, 0.29) is 34.7 Å². The molecule has 1 spiro atoms.